The molecule has 1 saturated heterocycles. The van der Waals surface area contributed by atoms with Gasteiger partial charge in [-0.2, -0.15) is 0 Å². The number of nitrogens with zero attached hydrogens (tertiary/aromatic N) is 2. The van der Waals surface area contributed by atoms with E-state index in [0.29, 0.717) is 6.61 Å². The summed E-state index contributed by atoms with van der Waals surface area (Å²) in [6, 6.07) is 29.6. The van der Waals surface area contributed by atoms with E-state index in [1.165, 1.54) is 16.8 Å². The Bertz CT molecular complexity index is 1040. The minimum Gasteiger partial charge on any atom is -0.465 e. The maximum Gasteiger partial charge on any atom is 0.316 e. The standard InChI is InChI=1S/C31H38N2O2/c1-3-25-35-30(34)31(2,28-13-8-5-9-14-28)19-10-20-32-21-23-33(24-22-32)29-17-15-27(16-18-29)26-11-6-4-7-12-26/h4-9,11-18H,3,10,19-25H2,1-2H3. The van der Waals surface area contributed by atoms with Crippen LogP contribution in [-0.2, 0) is 14.9 Å². The van der Waals surface area contributed by atoms with E-state index < -0.39 is 5.41 Å². The summed E-state index contributed by atoms with van der Waals surface area (Å²) in [7, 11) is 0. The van der Waals surface area contributed by atoms with Gasteiger partial charge in [-0.15, -0.1) is 0 Å². The number of piperazine rings is 1. The highest BCUT2D eigenvalue weighted by Crippen LogP contribution is 2.31. The van der Waals surface area contributed by atoms with Crippen LogP contribution in [0.25, 0.3) is 11.1 Å². The molecule has 0 bridgehead atoms. The predicted molar refractivity (Wildman–Crippen MR) is 145 cm³/mol. The van der Waals surface area contributed by atoms with E-state index >= 15 is 0 Å². The van der Waals surface area contributed by atoms with Gasteiger partial charge in [0.2, 0.25) is 0 Å². The van der Waals surface area contributed by atoms with Crippen molar-refractivity contribution in [2.24, 2.45) is 0 Å². The lowest BCUT2D eigenvalue weighted by atomic mass is 9.78. The van der Waals surface area contributed by atoms with Gasteiger partial charge in [0.25, 0.3) is 0 Å². The van der Waals surface area contributed by atoms with Gasteiger partial charge in [0, 0.05) is 31.9 Å². The highest BCUT2D eigenvalue weighted by Gasteiger charge is 2.36. The molecule has 3 aromatic carbocycles. The number of anilines is 1. The Kier molecular flexibility index (Phi) is 8.59. The van der Waals surface area contributed by atoms with Crippen molar-refractivity contribution < 1.29 is 9.53 Å². The summed E-state index contributed by atoms with van der Waals surface area (Å²) in [5.74, 6) is -0.102. The van der Waals surface area contributed by atoms with E-state index in [0.717, 1.165) is 57.5 Å². The van der Waals surface area contributed by atoms with E-state index in [4.69, 9.17) is 4.74 Å². The second-order valence-corrected chi connectivity index (χ2v) is 9.68. The molecule has 0 radical (unpaired) electrons. The fourth-order valence-corrected chi connectivity index (χ4v) is 4.91. The zero-order chi connectivity index (χ0) is 24.5. The molecule has 1 aliphatic heterocycles. The molecule has 3 aromatic rings. The molecule has 1 aliphatic rings. The lowest BCUT2D eigenvalue weighted by Crippen LogP contribution is -2.47. The summed E-state index contributed by atoms with van der Waals surface area (Å²) in [4.78, 5) is 18.0. The first-order valence-corrected chi connectivity index (χ1v) is 13.0. The van der Waals surface area contributed by atoms with Crippen LogP contribution >= 0.6 is 0 Å². The smallest absolute Gasteiger partial charge is 0.316 e. The van der Waals surface area contributed by atoms with Crippen molar-refractivity contribution in [2.45, 2.75) is 38.5 Å². The van der Waals surface area contributed by atoms with Crippen molar-refractivity contribution in [3.63, 3.8) is 0 Å². The van der Waals surface area contributed by atoms with Crippen LogP contribution in [0.15, 0.2) is 84.9 Å². The highest BCUT2D eigenvalue weighted by molar-refractivity contribution is 5.82. The van der Waals surface area contributed by atoms with Crippen LogP contribution in [0.5, 0.6) is 0 Å². The molecule has 1 atom stereocenters. The quantitative estimate of drug-likeness (QED) is 0.332. The summed E-state index contributed by atoms with van der Waals surface area (Å²) in [5, 5.41) is 0. The molecule has 0 spiro atoms. The normalized spacial score (nSPS) is 16.0. The number of carbonyl (C=O) groups excluding carboxylic acids is 1. The summed E-state index contributed by atoms with van der Waals surface area (Å²) in [6.45, 7) is 9.70. The third-order valence-corrected chi connectivity index (χ3v) is 7.16. The molecule has 4 nitrogen and oxygen atoms in total. The van der Waals surface area contributed by atoms with Crippen molar-refractivity contribution in [1.29, 1.82) is 0 Å². The average Bonchev–Trinajstić information content (AvgIpc) is 2.93. The molecule has 4 rings (SSSR count). The van der Waals surface area contributed by atoms with Crippen LogP contribution in [0.1, 0.15) is 38.7 Å². The van der Waals surface area contributed by atoms with Gasteiger partial charge in [-0.05, 0) is 61.6 Å². The molecule has 35 heavy (non-hydrogen) atoms. The molecular formula is C31H38N2O2. The molecule has 184 valence electrons. The minimum atomic E-state index is -0.598. The Morgan fingerprint density at radius 3 is 2.06 bits per heavy atom. The van der Waals surface area contributed by atoms with Crippen LogP contribution in [0.2, 0.25) is 0 Å². The SMILES string of the molecule is CCCOC(=O)C(C)(CCCN1CCN(c2ccc(-c3ccccc3)cc2)CC1)c1ccccc1. The minimum absolute atomic E-state index is 0.102. The molecule has 0 aliphatic carbocycles. The van der Waals surface area contributed by atoms with Crippen molar-refractivity contribution >= 4 is 11.7 Å². The predicted octanol–water partition coefficient (Wildman–Crippen LogP) is 6.17. The number of benzene rings is 3. The largest absolute Gasteiger partial charge is 0.465 e. The third kappa shape index (κ3) is 6.32. The maximum absolute atomic E-state index is 13.0. The number of esters is 1. The second kappa shape index (κ2) is 12.0. The summed E-state index contributed by atoms with van der Waals surface area (Å²) < 4.78 is 5.59. The highest BCUT2D eigenvalue weighted by atomic mass is 16.5. The van der Waals surface area contributed by atoms with Crippen LogP contribution in [0.3, 0.4) is 0 Å². The van der Waals surface area contributed by atoms with Gasteiger partial charge < -0.3 is 9.64 Å². The molecular weight excluding hydrogens is 432 g/mol. The Hall–Kier alpha value is -3.11. The van der Waals surface area contributed by atoms with E-state index in [9.17, 15) is 4.79 Å². The lowest BCUT2D eigenvalue weighted by molar-refractivity contribution is -0.150. The van der Waals surface area contributed by atoms with E-state index in [1.54, 1.807) is 0 Å². The average molecular weight is 471 g/mol. The first-order chi connectivity index (χ1) is 17.1. The first-order valence-electron chi connectivity index (χ1n) is 13.0. The lowest BCUT2D eigenvalue weighted by Gasteiger charge is -2.37. The molecule has 1 unspecified atom stereocenters. The topological polar surface area (TPSA) is 32.8 Å². The Morgan fingerprint density at radius 2 is 1.43 bits per heavy atom. The summed E-state index contributed by atoms with van der Waals surface area (Å²) in [6.07, 6.45) is 2.61. The maximum atomic E-state index is 13.0. The van der Waals surface area contributed by atoms with Crippen LogP contribution in [0.4, 0.5) is 5.69 Å². The molecule has 1 heterocycles. The van der Waals surface area contributed by atoms with Crippen molar-refractivity contribution in [3.8, 4) is 11.1 Å². The number of rotatable bonds is 10. The monoisotopic (exact) mass is 470 g/mol. The van der Waals surface area contributed by atoms with Gasteiger partial charge in [0.15, 0.2) is 0 Å². The fourth-order valence-electron chi connectivity index (χ4n) is 4.91. The van der Waals surface area contributed by atoms with Crippen molar-refractivity contribution in [1.82, 2.24) is 4.90 Å². The summed E-state index contributed by atoms with van der Waals surface area (Å²) >= 11 is 0. The fraction of sp³-hybridized carbons (Fsp3) is 0.387. The van der Waals surface area contributed by atoms with Crippen molar-refractivity contribution in [2.75, 3.05) is 44.2 Å². The summed E-state index contributed by atoms with van der Waals surface area (Å²) in [5.41, 5.74) is 4.25. The van der Waals surface area contributed by atoms with Gasteiger partial charge in [-0.25, -0.2) is 0 Å². The number of carbonyl (C=O) groups is 1. The van der Waals surface area contributed by atoms with Crippen LogP contribution in [0, 0.1) is 0 Å². The molecule has 0 saturated carbocycles. The molecule has 4 heteroatoms. The van der Waals surface area contributed by atoms with E-state index in [-0.39, 0.29) is 5.97 Å². The molecule has 0 N–H and O–H groups in total. The zero-order valence-corrected chi connectivity index (χ0v) is 21.2. The van der Waals surface area contributed by atoms with Gasteiger partial charge in [-0.3, -0.25) is 9.69 Å². The second-order valence-electron chi connectivity index (χ2n) is 9.68. The van der Waals surface area contributed by atoms with Gasteiger partial charge in [-0.1, -0.05) is 79.7 Å². The van der Waals surface area contributed by atoms with Gasteiger partial charge >= 0.3 is 5.97 Å². The van der Waals surface area contributed by atoms with E-state index in [1.807, 2.05) is 32.0 Å². The Labute approximate surface area is 210 Å². The van der Waals surface area contributed by atoms with Crippen LogP contribution < -0.4 is 4.90 Å². The molecule has 1 fully saturated rings. The third-order valence-electron chi connectivity index (χ3n) is 7.16. The molecule has 0 amide bonds. The number of ether oxygens (including phenoxy) is 1. The van der Waals surface area contributed by atoms with Gasteiger partial charge in [0.05, 0.1) is 12.0 Å². The number of hydrogen-bond acceptors (Lipinski definition) is 4. The Balaban J connectivity index is 1.29. The van der Waals surface area contributed by atoms with Crippen molar-refractivity contribution in [3.05, 3.63) is 90.5 Å². The zero-order valence-electron chi connectivity index (χ0n) is 21.2. The van der Waals surface area contributed by atoms with Gasteiger partial charge in [0.1, 0.15) is 0 Å². The molecule has 0 aromatic heterocycles. The first kappa shape index (κ1) is 25.0. The Morgan fingerprint density at radius 1 is 0.829 bits per heavy atom. The number of hydrogen-bond donors (Lipinski definition) is 0. The van der Waals surface area contributed by atoms with E-state index in [2.05, 4.69) is 76.5 Å². The van der Waals surface area contributed by atoms with Crippen LogP contribution in [-0.4, -0.2) is 50.2 Å².